The van der Waals surface area contributed by atoms with Gasteiger partial charge < -0.3 is 0 Å². The van der Waals surface area contributed by atoms with E-state index < -0.39 is 6.04 Å². The second-order valence-corrected chi connectivity index (χ2v) is 14.3. The number of fused-ring (bicyclic) bond motifs is 9. The van der Waals surface area contributed by atoms with Crippen molar-refractivity contribution in [2.24, 2.45) is 0 Å². The van der Waals surface area contributed by atoms with E-state index in [1.54, 1.807) is 0 Å². The molecule has 8 aromatic rings. The summed E-state index contributed by atoms with van der Waals surface area (Å²) < 4.78 is 2.31. The Labute approximate surface area is 231 Å². The number of para-hydroxylation sites is 3. The van der Waals surface area contributed by atoms with Crippen LogP contribution in [-0.2, 0) is 11.8 Å². The van der Waals surface area contributed by atoms with Gasteiger partial charge in [-0.05, 0) is 57.1 Å². The molecule has 184 valence electrons. The zero-order valence-corrected chi connectivity index (χ0v) is 22.7. The molecular weight excluding hydrogens is 511 g/mol. The number of pyridine rings is 1. The van der Waals surface area contributed by atoms with Crippen LogP contribution in [0.3, 0.4) is 0 Å². The quantitative estimate of drug-likeness (QED) is 0.131. The topological polar surface area (TPSA) is 17.3 Å². The van der Waals surface area contributed by atoms with Crippen LogP contribution in [0, 0.1) is 0 Å². The first-order chi connectivity index (χ1) is 19.2. The number of imidazole rings is 1. The Bertz CT molecular complexity index is 2210. The third kappa shape index (κ3) is 3.27. The molecule has 0 atom stereocenters. The van der Waals surface area contributed by atoms with Gasteiger partial charge in [0, 0.05) is 22.1 Å². The lowest BCUT2D eigenvalue weighted by molar-refractivity contribution is 1.32. The van der Waals surface area contributed by atoms with Crippen molar-refractivity contribution in [3.63, 3.8) is 0 Å². The van der Waals surface area contributed by atoms with Crippen molar-refractivity contribution in [2.45, 2.75) is 0 Å². The number of nitrogens with zero attached hydrogens (tertiary/aromatic N) is 2. The SMILES string of the molecule is S=P(c1ccccc1)(c1ccccc1)c1cccc2cc3c(cc12)c1ccccc1n1c2ccccc2nc31. The van der Waals surface area contributed by atoms with Crippen LogP contribution in [0.2, 0.25) is 0 Å². The lowest BCUT2D eigenvalue weighted by Gasteiger charge is -2.26. The molecule has 0 saturated carbocycles. The minimum absolute atomic E-state index is 0.989. The van der Waals surface area contributed by atoms with Gasteiger partial charge in [-0.1, -0.05) is 121 Å². The molecule has 8 rings (SSSR count). The molecular formula is C35H23N2PS. The molecule has 0 saturated heterocycles. The van der Waals surface area contributed by atoms with E-state index in [2.05, 4.69) is 144 Å². The fraction of sp³-hybridized carbons (Fsp3) is 0. The summed E-state index contributed by atoms with van der Waals surface area (Å²) in [6, 6.07) is 47.4. The smallest absolute Gasteiger partial charge is 0.146 e. The average Bonchev–Trinajstić information content (AvgIpc) is 3.41. The monoisotopic (exact) mass is 534 g/mol. The van der Waals surface area contributed by atoms with Gasteiger partial charge in [-0.15, -0.1) is 0 Å². The molecule has 0 aliphatic rings. The van der Waals surface area contributed by atoms with E-state index in [-0.39, 0.29) is 0 Å². The largest absolute Gasteiger partial charge is 0.292 e. The molecule has 0 spiro atoms. The van der Waals surface area contributed by atoms with E-state index >= 15 is 0 Å². The summed E-state index contributed by atoms with van der Waals surface area (Å²) in [5, 5.41) is 9.62. The molecule has 4 heteroatoms. The molecule has 0 radical (unpaired) electrons. The number of hydrogen-bond acceptors (Lipinski definition) is 2. The van der Waals surface area contributed by atoms with Crippen molar-refractivity contribution in [1.29, 1.82) is 0 Å². The Morgan fingerprint density at radius 2 is 1.15 bits per heavy atom. The highest BCUT2D eigenvalue weighted by molar-refractivity contribution is 8.25. The van der Waals surface area contributed by atoms with E-state index in [1.165, 1.54) is 37.5 Å². The predicted molar refractivity (Wildman–Crippen MR) is 171 cm³/mol. The van der Waals surface area contributed by atoms with Crippen LogP contribution >= 0.6 is 6.04 Å². The maximum Gasteiger partial charge on any atom is 0.146 e. The highest BCUT2D eigenvalue weighted by Crippen LogP contribution is 2.45. The van der Waals surface area contributed by atoms with Crippen LogP contribution in [0.15, 0.2) is 140 Å². The molecule has 0 fully saturated rings. The van der Waals surface area contributed by atoms with Gasteiger partial charge in [0.1, 0.15) is 5.65 Å². The Kier molecular flexibility index (Phi) is 5.00. The van der Waals surface area contributed by atoms with Crippen LogP contribution in [0.4, 0.5) is 0 Å². The van der Waals surface area contributed by atoms with Gasteiger partial charge >= 0.3 is 0 Å². The first-order valence-corrected chi connectivity index (χ1v) is 15.9. The van der Waals surface area contributed by atoms with Crippen LogP contribution < -0.4 is 15.9 Å². The van der Waals surface area contributed by atoms with Gasteiger partial charge in [-0.25, -0.2) is 4.98 Å². The first kappa shape index (κ1) is 22.7. The lowest BCUT2D eigenvalue weighted by atomic mass is 10.0. The van der Waals surface area contributed by atoms with Gasteiger partial charge in [0.15, 0.2) is 0 Å². The zero-order chi connectivity index (χ0) is 26.0. The van der Waals surface area contributed by atoms with Crippen LogP contribution in [0.1, 0.15) is 0 Å². The number of rotatable bonds is 3. The third-order valence-corrected chi connectivity index (χ3v) is 12.8. The molecule has 0 aliphatic heterocycles. The Balaban J connectivity index is 1.54. The average molecular weight is 535 g/mol. The van der Waals surface area contributed by atoms with Crippen molar-refractivity contribution in [3.8, 4) is 0 Å². The summed E-state index contributed by atoms with van der Waals surface area (Å²) >= 11 is 6.76. The molecule has 2 nitrogen and oxygen atoms in total. The Hall–Kier alpha value is -4.30. The van der Waals surface area contributed by atoms with Crippen molar-refractivity contribution in [2.75, 3.05) is 0 Å². The lowest BCUT2D eigenvalue weighted by Crippen LogP contribution is -2.25. The fourth-order valence-electron chi connectivity index (χ4n) is 6.04. The van der Waals surface area contributed by atoms with Crippen LogP contribution in [-0.4, -0.2) is 9.38 Å². The second-order valence-electron chi connectivity index (χ2n) is 9.95. The minimum atomic E-state index is -2.32. The van der Waals surface area contributed by atoms with Crippen LogP contribution in [0.5, 0.6) is 0 Å². The maximum absolute atomic E-state index is 6.76. The first-order valence-electron chi connectivity index (χ1n) is 13.1. The standard InChI is InChI=1S/C35H23N2PS/c39-38(25-13-3-1-4-14-25,26-15-5-2-6-16-26)34-21-11-12-24-22-30-29(23-28(24)34)27-17-7-9-19-32(27)37-33-20-10-8-18-31(33)36-35(30)37/h1-23H. The van der Waals surface area contributed by atoms with Crippen molar-refractivity contribution < 1.29 is 0 Å². The molecule has 0 amide bonds. The molecule has 39 heavy (non-hydrogen) atoms. The summed E-state index contributed by atoms with van der Waals surface area (Å²) in [7, 11) is 0. The molecule has 0 N–H and O–H groups in total. The Morgan fingerprint density at radius 1 is 0.513 bits per heavy atom. The van der Waals surface area contributed by atoms with E-state index in [0.29, 0.717) is 0 Å². The minimum Gasteiger partial charge on any atom is -0.292 e. The zero-order valence-electron chi connectivity index (χ0n) is 21.0. The van der Waals surface area contributed by atoms with E-state index in [0.717, 1.165) is 27.6 Å². The van der Waals surface area contributed by atoms with Crippen molar-refractivity contribution in [1.82, 2.24) is 9.38 Å². The fourth-order valence-corrected chi connectivity index (χ4v) is 10.1. The van der Waals surface area contributed by atoms with Gasteiger partial charge in [0.05, 0.1) is 16.6 Å². The van der Waals surface area contributed by atoms with Gasteiger partial charge in [0.2, 0.25) is 0 Å². The van der Waals surface area contributed by atoms with E-state index in [4.69, 9.17) is 16.8 Å². The normalized spacial score (nSPS) is 12.2. The van der Waals surface area contributed by atoms with Crippen LogP contribution in [0.25, 0.3) is 49.1 Å². The highest BCUT2D eigenvalue weighted by atomic mass is 32.4. The van der Waals surface area contributed by atoms with Gasteiger partial charge in [-0.3, -0.25) is 4.40 Å². The molecule has 2 aromatic heterocycles. The van der Waals surface area contributed by atoms with E-state index in [9.17, 15) is 0 Å². The Morgan fingerprint density at radius 3 is 1.90 bits per heavy atom. The predicted octanol–water partition coefficient (Wildman–Crippen LogP) is 7.70. The second kappa shape index (κ2) is 8.61. The number of benzene rings is 6. The van der Waals surface area contributed by atoms with E-state index in [1.807, 2.05) is 0 Å². The molecule has 2 heterocycles. The number of aromatic nitrogens is 2. The highest BCUT2D eigenvalue weighted by Gasteiger charge is 2.27. The summed E-state index contributed by atoms with van der Waals surface area (Å²) in [6.45, 7) is 0. The molecule has 0 bridgehead atoms. The summed E-state index contributed by atoms with van der Waals surface area (Å²) in [5.41, 5.74) is 4.29. The van der Waals surface area contributed by atoms with Gasteiger partial charge in [0.25, 0.3) is 0 Å². The maximum atomic E-state index is 6.76. The molecule has 6 aromatic carbocycles. The summed E-state index contributed by atoms with van der Waals surface area (Å²) in [4.78, 5) is 5.12. The van der Waals surface area contributed by atoms with Crippen molar-refractivity contribution in [3.05, 3.63) is 140 Å². The molecule has 0 unspecified atom stereocenters. The third-order valence-electron chi connectivity index (χ3n) is 7.81. The number of hydrogen-bond donors (Lipinski definition) is 0. The molecule has 0 aliphatic carbocycles. The summed E-state index contributed by atoms with van der Waals surface area (Å²) in [6.07, 6.45) is 0. The van der Waals surface area contributed by atoms with Gasteiger partial charge in [-0.2, -0.15) is 0 Å². The summed E-state index contributed by atoms with van der Waals surface area (Å²) in [5.74, 6) is 0. The van der Waals surface area contributed by atoms with Crippen molar-refractivity contribution >= 4 is 82.9 Å².